The number of alkyl halides is 1. The number of rotatable bonds is 4. The molecular formula is C11H11Cl3N4. The van der Waals surface area contributed by atoms with Crippen molar-refractivity contribution in [2.45, 2.75) is 25.3 Å². The van der Waals surface area contributed by atoms with Gasteiger partial charge in [0.15, 0.2) is 5.82 Å². The summed E-state index contributed by atoms with van der Waals surface area (Å²) < 4.78 is 1.68. The largest absolute Gasteiger partial charge is 0.228 e. The summed E-state index contributed by atoms with van der Waals surface area (Å²) in [6.45, 7) is 2.46. The van der Waals surface area contributed by atoms with Gasteiger partial charge in [-0.05, 0) is 41.5 Å². The van der Waals surface area contributed by atoms with Crippen molar-refractivity contribution in [3.05, 3.63) is 39.6 Å². The molecule has 1 heterocycles. The molecule has 0 N–H and O–H groups in total. The fourth-order valence-corrected chi connectivity index (χ4v) is 2.27. The van der Waals surface area contributed by atoms with Crippen LogP contribution in [-0.2, 0) is 13.0 Å². The molecule has 0 saturated heterocycles. The van der Waals surface area contributed by atoms with Crippen molar-refractivity contribution >= 4 is 34.8 Å². The van der Waals surface area contributed by atoms with Crippen LogP contribution in [0.1, 0.15) is 23.7 Å². The van der Waals surface area contributed by atoms with E-state index < -0.39 is 0 Å². The Morgan fingerprint density at radius 2 is 2.11 bits per heavy atom. The van der Waals surface area contributed by atoms with E-state index in [1.165, 1.54) is 0 Å². The molecule has 0 bridgehead atoms. The van der Waals surface area contributed by atoms with E-state index in [1.54, 1.807) is 10.7 Å². The van der Waals surface area contributed by atoms with Crippen LogP contribution < -0.4 is 0 Å². The lowest BCUT2D eigenvalue weighted by Gasteiger charge is -2.07. The molecule has 0 radical (unpaired) electrons. The number of halogens is 3. The zero-order chi connectivity index (χ0) is 13.1. The van der Waals surface area contributed by atoms with Crippen molar-refractivity contribution in [2.75, 3.05) is 0 Å². The Bertz CT molecular complexity index is 539. The average Bonchev–Trinajstić information content (AvgIpc) is 2.76. The van der Waals surface area contributed by atoms with Gasteiger partial charge >= 0.3 is 0 Å². The van der Waals surface area contributed by atoms with Crippen LogP contribution in [0.25, 0.3) is 0 Å². The lowest BCUT2D eigenvalue weighted by atomic mass is 10.1. The predicted molar refractivity (Wildman–Crippen MR) is 72.3 cm³/mol. The number of aromatic nitrogens is 4. The lowest BCUT2D eigenvalue weighted by molar-refractivity contribution is 0.564. The number of tetrazole rings is 1. The molecule has 2 aromatic rings. The molecule has 0 aliphatic carbocycles. The summed E-state index contributed by atoms with van der Waals surface area (Å²) in [5.74, 6) is 0.654. The molecule has 0 aliphatic rings. The molecule has 18 heavy (non-hydrogen) atoms. The second-order valence-electron chi connectivity index (χ2n) is 3.86. The van der Waals surface area contributed by atoms with E-state index >= 15 is 0 Å². The molecule has 1 atom stereocenters. The second kappa shape index (κ2) is 5.87. The van der Waals surface area contributed by atoms with Crippen LogP contribution in [0.3, 0.4) is 0 Å². The highest BCUT2D eigenvalue weighted by atomic mass is 35.5. The third-order valence-electron chi connectivity index (χ3n) is 2.52. The minimum absolute atomic E-state index is 0.222. The Labute approximate surface area is 120 Å². The zero-order valence-corrected chi connectivity index (χ0v) is 11.9. The summed E-state index contributed by atoms with van der Waals surface area (Å²) in [6.07, 6.45) is 0.720. The standard InChI is InChI=1S/C11H11Cl3N4/c1-7(12)11-15-16-17-18(11)5-4-8-2-3-9(13)6-10(8)14/h2-3,6-7H,4-5H2,1H3. The zero-order valence-electron chi connectivity index (χ0n) is 9.65. The smallest absolute Gasteiger partial charge is 0.168 e. The molecule has 0 spiro atoms. The number of benzene rings is 1. The van der Waals surface area contributed by atoms with Gasteiger partial charge in [-0.15, -0.1) is 16.7 Å². The van der Waals surface area contributed by atoms with Crippen LogP contribution in [0.4, 0.5) is 0 Å². The van der Waals surface area contributed by atoms with Gasteiger partial charge in [-0.25, -0.2) is 4.68 Å². The van der Waals surface area contributed by atoms with Gasteiger partial charge in [0.05, 0.1) is 5.38 Å². The monoisotopic (exact) mass is 304 g/mol. The fraction of sp³-hybridized carbons (Fsp3) is 0.364. The van der Waals surface area contributed by atoms with Crippen molar-refractivity contribution in [2.24, 2.45) is 0 Å². The molecule has 7 heteroatoms. The van der Waals surface area contributed by atoms with Crippen molar-refractivity contribution < 1.29 is 0 Å². The van der Waals surface area contributed by atoms with Crippen LogP contribution >= 0.6 is 34.8 Å². The number of hydrogen-bond donors (Lipinski definition) is 0. The van der Waals surface area contributed by atoms with Crippen LogP contribution in [0.2, 0.25) is 10.0 Å². The van der Waals surface area contributed by atoms with Crippen molar-refractivity contribution in [1.82, 2.24) is 20.2 Å². The van der Waals surface area contributed by atoms with Gasteiger partial charge in [0.25, 0.3) is 0 Å². The van der Waals surface area contributed by atoms with Crippen molar-refractivity contribution in [1.29, 1.82) is 0 Å². The topological polar surface area (TPSA) is 43.6 Å². The maximum Gasteiger partial charge on any atom is 0.168 e. The molecule has 0 aliphatic heterocycles. The number of aryl methyl sites for hydroxylation is 2. The van der Waals surface area contributed by atoms with E-state index in [1.807, 2.05) is 19.1 Å². The normalized spacial score (nSPS) is 12.7. The first-order chi connectivity index (χ1) is 8.58. The molecule has 0 fully saturated rings. The highest BCUT2D eigenvalue weighted by molar-refractivity contribution is 6.35. The van der Waals surface area contributed by atoms with Gasteiger partial charge in [-0.1, -0.05) is 29.3 Å². The van der Waals surface area contributed by atoms with E-state index in [0.29, 0.717) is 22.4 Å². The molecule has 1 aromatic carbocycles. The summed E-state index contributed by atoms with van der Waals surface area (Å²) in [5, 5.41) is 12.5. The van der Waals surface area contributed by atoms with Crippen LogP contribution in [0.15, 0.2) is 18.2 Å². The minimum atomic E-state index is -0.222. The van der Waals surface area contributed by atoms with Crippen molar-refractivity contribution in [3.8, 4) is 0 Å². The fourth-order valence-electron chi connectivity index (χ4n) is 1.61. The molecule has 0 amide bonds. The molecule has 96 valence electrons. The molecule has 0 saturated carbocycles. The van der Waals surface area contributed by atoms with Crippen LogP contribution in [0.5, 0.6) is 0 Å². The van der Waals surface area contributed by atoms with E-state index in [9.17, 15) is 0 Å². The SMILES string of the molecule is CC(Cl)c1nnnn1CCc1ccc(Cl)cc1Cl. The Balaban J connectivity index is 2.09. The Morgan fingerprint density at radius 1 is 1.33 bits per heavy atom. The Morgan fingerprint density at radius 3 is 2.78 bits per heavy atom. The maximum atomic E-state index is 6.10. The third kappa shape index (κ3) is 3.13. The second-order valence-corrected chi connectivity index (χ2v) is 5.36. The van der Waals surface area contributed by atoms with Crippen molar-refractivity contribution in [3.63, 3.8) is 0 Å². The van der Waals surface area contributed by atoms with E-state index in [0.717, 1.165) is 12.0 Å². The van der Waals surface area contributed by atoms with Gasteiger partial charge in [0.2, 0.25) is 0 Å². The summed E-state index contributed by atoms with van der Waals surface area (Å²) in [4.78, 5) is 0. The maximum absolute atomic E-state index is 6.10. The third-order valence-corrected chi connectivity index (χ3v) is 3.31. The number of nitrogens with zero attached hydrogens (tertiary/aromatic N) is 4. The van der Waals surface area contributed by atoms with Gasteiger partial charge in [-0.2, -0.15) is 0 Å². The molecule has 2 rings (SSSR count). The lowest BCUT2D eigenvalue weighted by Crippen LogP contribution is -2.08. The molecule has 4 nitrogen and oxygen atoms in total. The Kier molecular flexibility index (Phi) is 4.43. The molecule has 1 aromatic heterocycles. The highest BCUT2D eigenvalue weighted by Gasteiger charge is 2.12. The molecular weight excluding hydrogens is 295 g/mol. The highest BCUT2D eigenvalue weighted by Crippen LogP contribution is 2.22. The Hall–Kier alpha value is -0.840. The van der Waals surface area contributed by atoms with Gasteiger partial charge in [-0.3, -0.25) is 0 Å². The number of hydrogen-bond acceptors (Lipinski definition) is 3. The predicted octanol–water partition coefficient (Wildman–Crippen LogP) is 3.52. The van der Waals surface area contributed by atoms with Gasteiger partial charge < -0.3 is 0 Å². The average molecular weight is 306 g/mol. The van der Waals surface area contributed by atoms with Crippen LogP contribution in [0, 0.1) is 0 Å². The first-order valence-corrected chi connectivity index (χ1v) is 6.61. The summed E-state index contributed by atoms with van der Waals surface area (Å²) in [7, 11) is 0. The van der Waals surface area contributed by atoms with E-state index in [4.69, 9.17) is 34.8 Å². The summed E-state index contributed by atoms with van der Waals surface area (Å²) in [6, 6.07) is 5.44. The van der Waals surface area contributed by atoms with E-state index in [-0.39, 0.29) is 5.38 Å². The van der Waals surface area contributed by atoms with Gasteiger partial charge in [0, 0.05) is 16.6 Å². The first kappa shape index (κ1) is 13.6. The summed E-state index contributed by atoms with van der Waals surface area (Å²) in [5.41, 5.74) is 1.00. The van der Waals surface area contributed by atoms with E-state index in [2.05, 4.69) is 15.5 Å². The van der Waals surface area contributed by atoms with Crippen LogP contribution in [-0.4, -0.2) is 20.2 Å². The quantitative estimate of drug-likeness (QED) is 0.812. The molecule has 1 unspecified atom stereocenters. The van der Waals surface area contributed by atoms with Gasteiger partial charge in [0.1, 0.15) is 0 Å². The summed E-state index contributed by atoms with van der Waals surface area (Å²) >= 11 is 17.9. The minimum Gasteiger partial charge on any atom is -0.228 e. The first-order valence-electron chi connectivity index (χ1n) is 5.42.